The van der Waals surface area contributed by atoms with E-state index in [1.165, 1.54) is 31.7 Å². The van der Waals surface area contributed by atoms with Crippen LogP contribution in [-0.2, 0) is 0 Å². The van der Waals surface area contributed by atoms with Crippen molar-refractivity contribution in [2.45, 2.75) is 51.4 Å². The highest BCUT2D eigenvalue weighted by Gasteiger charge is 2.41. The Morgan fingerprint density at radius 2 is 1.53 bits per heavy atom. The fourth-order valence-corrected chi connectivity index (χ4v) is 6.97. The van der Waals surface area contributed by atoms with Crippen LogP contribution in [0.25, 0.3) is 0 Å². The Kier molecular flexibility index (Phi) is 5.01. The number of alkyl halides is 2. The van der Waals surface area contributed by atoms with E-state index in [2.05, 4.69) is 19.6 Å². The van der Waals surface area contributed by atoms with E-state index in [4.69, 9.17) is 23.2 Å². The average molecular weight is 267 g/mol. The Labute approximate surface area is 106 Å². The van der Waals surface area contributed by atoms with Crippen LogP contribution in [0, 0.1) is 11.3 Å². The minimum Gasteiger partial charge on any atom is -0.126 e. The van der Waals surface area contributed by atoms with E-state index in [1.54, 1.807) is 0 Å². The molecule has 0 atom stereocenters. The van der Waals surface area contributed by atoms with Gasteiger partial charge in [0.1, 0.15) is 0 Å². The van der Waals surface area contributed by atoms with E-state index in [-0.39, 0.29) is 5.41 Å². The molecule has 3 heteroatoms. The Morgan fingerprint density at radius 3 is 1.87 bits per heavy atom. The molecule has 0 unspecified atom stereocenters. The molecule has 0 bridgehead atoms. The second kappa shape index (κ2) is 5.42. The maximum absolute atomic E-state index is 6.25. The molecule has 0 heterocycles. The van der Waals surface area contributed by atoms with E-state index in [0.717, 1.165) is 17.7 Å². The van der Waals surface area contributed by atoms with Gasteiger partial charge in [-0.3, -0.25) is 0 Å². The van der Waals surface area contributed by atoms with Crippen LogP contribution in [0.1, 0.15) is 25.7 Å². The SMILES string of the molecule is C[Si](C)(C)CC(CCl)(CCl)C1CCCC1. The smallest absolute Gasteiger partial charge is 0.0449 e. The van der Waals surface area contributed by atoms with Gasteiger partial charge in [-0.15, -0.1) is 23.2 Å². The van der Waals surface area contributed by atoms with E-state index in [9.17, 15) is 0 Å². The second-order valence-corrected chi connectivity index (χ2v) is 12.4. The van der Waals surface area contributed by atoms with Crippen molar-refractivity contribution in [2.75, 3.05) is 11.8 Å². The summed E-state index contributed by atoms with van der Waals surface area (Å²) in [4.78, 5) is 0. The van der Waals surface area contributed by atoms with Crippen LogP contribution in [0.4, 0.5) is 0 Å². The van der Waals surface area contributed by atoms with E-state index in [0.29, 0.717) is 0 Å². The van der Waals surface area contributed by atoms with Crippen LogP contribution in [0.3, 0.4) is 0 Å². The van der Waals surface area contributed by atoms with E-state index in [1.807, 2.05) is 0 Å². The summed E-state index contributed by atoms with van der Waals surface area (Å²) >= 11 is 12.5. The zero-order valence-corrected chi connectivity index (χ0v) is 12.8. The molecule has 1 rings (SSSR count). The zero-order valence-electron chi connectivity index (χ0n) is 10.3. The van der Waals surface area contributed by atoms with Crippen molar-refractivity contribution >= 4 is 31.3 Å². The minimum atomic E-state index is -1.07. The average Bonchev–Trinajstić information content (AvgIpc) is 2.66. The van der Waals surface area contributed by atoms with Crippen molar-refractivity contribution in [1.29, 1.82) is 0 Å². The summed E-state index contributed by atoms with van der Waals surface area (Å²) in [6.07, 6.45) is 5.46. The number of halogens is 2. The fraction of sp³-hybridized carbons (Fsp3) is 1.00. The fourth-order valence-electron chi connectivity index (χ4n) is 3.09. The molecule has 0 nitrogen and oxygen atoms in total. The molecule has 1 aliphatic carbocycles. The lowest BCUT2D eigenvalue weighted by Gasteiger charge is -2.40. The minimum absolute atomic E-state index is 0.240. The summed E-state index contributed by atoms with van der Waals surface area (Å²) in [5, 5.41) is 0. The van der Waals surface area contributed by atoms with Gasteiger partial charge in [-0.05, 0) is 30.2 Å². The summed E-state index contributed by atoms with van der Waals surface area (Å²) in [5.41, 5.74) is 0.240. The molecule has 0 aliphatic heterocycles. The van der Waals surface area contributed by atoms with Crippen LogP contribution in [0.5, 0.6) is 0 Å². The molecule has 0 N–H and O–H groups in total. The zero-order chi connectivity index (χ0) is 11.5. The van der Waals surface area contributed by atoms with Gasteiger partial charge in [0.15, 0.2) is 0 Å². The van der Waals surface area contributed by atoms with Crippen molar-refractivity contribution in [3.63, 3.8) is 0 Å². The molecule has 1 saturated carbocycles. The molecular formula is C12H24Cl2Si. The van der Waals surface area contributed by atoms with Gasteiger partial charge in [0, 0.05) is 19.8 Å². The third-order valence-electron chi connectivity index (χ3n) is 3.64. The Morgan fingerprint density at radius 1 is 1.07 bits per heavy atom. The van der Waals surface area contributed by atoms with Gasteiger partial charge in [0.05, 0.1) is 0 Å². The summed E-state index contributed by atoms with van der Waals surface area (Å²) in [6, 6.07) is 1.29. The molecule has 0 aromatic heterocycles. The quantitative estimate of drug-likeness (QED) is 0.487. The maximum atomic E-state index is 6.25. The number of hydrogen-bond acceptors (Lipinski definition) is 0. The van der Waals surface area contributed by atoms with Gasteiger partial charge < -0.3 is 0 Å². The van der Waals surface area contributed by atoms with Gasteiger partial charge in [0.25, 0.3) is 0 Å². The van der Waals surface area contributed by atoms with Crippen molar-refractivity contribution in [3.8, 4) is 0 Å². The predicted octanol–water partition coefficient (Wildman–Crippen LogP) is 4.98. The first-order valence-corrected chi connectivity index (χ1v) is 10.8. The third-order valence-corrected chi connectivity index (χ3v) is 6.47. The molecule has 1 aliphatic rings. The highest BCUT2D eigenvalue weighted by molar-refractivity contribution is 6.76. The molecule has 0 radical (unpaired) electrons. The molecule has 0 saturated heterocycles. The van der Waals surface area contributed by atoms with Gasteiger partial charge in [0.2, 0.25) is 0 Å². The number of rotatable bonds is 5. The highest BCUT2D eigenvalue weighted by Crippen LogP contribution is 2.46. The van der Waals surface area contributed by atoms with E-state index >= 15 is 0 Å². The topological polar surface area (TPSA) is 0 Å². The van der Waals surface area contributed by atoms with Gasteiger partial charge in [-0.1, -0.05) is 32.5 Å². The van der Waals surface area contributed by atoms with Gasteiger partial charge >= 0.3 is 0 Å². The van der Waals surface area contributed by atoms with Crippen LogP contribution < -0.4 is 0 Å². The second-order valence-electron chi connectivity index (χ2n) is 6.35. The van der Waals surface area contributed by atoms with E-state index < -0.39 is 8.07 Å². The van der Waals surface area contributed by atoms with Crippen LogP contribution >= 0.6 is 23.2 Å². The first-order valence-electron chi connectivity index (χ1n) is 6.05. The lowest BCUT2D eigenvalue weighted by Crippen LogP contribution is -2.40. The van der Waals surface area contributed by atoms with Crippen molar-refractivity contribution in [3.05, 3.63) is 0 Å². The lowest BCUT2D eigenvalue weighted by molar-refractivity contribution is 0.253. The molecule has 0 spiro atoms. The van der Waals surface area contributed by atoms with Crippen molar-refractivity contribution in [1.82, 2.24) is 0 Å². The summed E-state index contributed by atoms with van der Waals surface area (Å²) in [5.74, 6) is 2.30. The summed E-state index contributed by atoms with van der Waals surface area (Å²) in [6.45, 7) is 7.28. The Hall–Kier alpha value is 0.797. The predicted molar refractivity (Wildman–Crippen MR) is 74.0 cm³/mol. The number of hydrogen-bond donors (Lipinski definition) is 0. The maximum Gasteiger partial charge on any atom is 0.0449 e. The van der Waals surface area contributed by atoms with Crippen LogP contribution in [0.15, 0.2) is 0 Å². The first kappa shape index (κ1) is 13.9. The summed E-state index contributed by atoms with van der Waals surface area (Å²) in [7, 11) is -1.07. The Bertz CT molecular complexity index is 188. The van der Waals surface area contributed by atoms with Gasteiger partial charge in [-0.25, -0.2) is 0 Å². The molecule has 0 amide bonds. The van der Waals surface area contributed by atoms with Crippen LogP contribution in [-0.4, -0.2) is 19.8 Å². The largest absolute Gasteiger partial charge is 0.126 e. The standard InChI is InChI=1S/C12H24Cl2Si/c1-15(2,3)10-12(8-13,9-14)11-6-4-5-7-11/h11H,4-10H2,1-3H3. The van der Waals surface area contributed by atoms with Crippen LogP contribution in [0.2, 0.25) is 25.7 Å². The lowest BCUT2D eigenvalue weighted by atomic mass is 9.79. The molecule has 1 fully saturated rings. The molecule has 0 aromatic carbocycles. The molecular weight excluding hydrogens is 243 g/mol. The monoisotopic (exact) mass is 266 g/mol. The molecule has 90 valence electrons. The van der Waals surface area contributed by atoms with Crippen molar-refractivity contribution in [2.24, 2.45) is 11.3 Å². The first-order chi connectivity index (χ1) is 6.93. The summed E-state index contributed by atoms with van der Waals surface area (Å²) < 4.78 is 0. The highest BCUT2D eigenvalue weighted by atomic mass is 35.5. The Balaban J connectivity index is 2.76. The molecule has 15 heavy (non-hydrogen) atoms. The van der Waals surface area contributed by atoms with Gasteiger partial charge in [-0.2, -0.15) is 0 Å². The van der Waals surface area contributed by atoms with Crippen molar-refractivity contribution < 1.29 is 0 Å². The third kappa shape index (κ3) is 3.64. The normalized spacial score (nSPS) is 19.8. The molecule has 0 aromatic rings.